The number of rotatable bonds is 5. The molecule has 0 saturated heterocycles. The summed E-state index contributed by atoms with van der Waals surface area (Å²) < 4.78 is 13.0. The molecule has 142 valence electrons. The lowest BCUT2D eigenvalue weighted by molar-refractivity contribution is 0.0949. The number of carbonyl (C=O) groups excluding carboxylic acids is 1. The predicted octanol–water partition coefficient (Wildman–Crippen LogP) is 3.67. The molecule has 2 aromatic carbocycles. The fourth-order valence-electron chi connectivity index (χ4n) is 3.45. The molecule has 4 rings (SSSR count). The Morgan fingerprint density at radius 2 is 1.93 bits per heavy atom. The molecule has 2 heterocycles. The van der Waals surface area contributed by atoms with Crippen LogP contribution in [0.4, 0.5) is 15.9 Å². The minimum absolute atomic E-state index is 0.240. The molecule has 3 aromatic rings. The number of carbonyl (C=O) groups is 1. The fraction of sp³-hybridized carbons (Fsp3) is 0.227. The summed E-state index contributed by atoms with van der Waals surface area (Å²) in [6, 6.07) is 16.3. The second kappa shape index (κ2) is 8.17. The molecule has 28 heavy (non-hydrogen) atoms. The minimum Gasteiger partial charge on any atom is -0.350 e. The third-order valence-electron chi connectivity index (χ3n) is 4.88. The Labute approximate surface area is 163 Å². The Morgan fingerprint density at radius 1 is 1.11 bits per heavy atom. The molecule has 0 bridgehead atoms. The quantitative estimate of drug-likeness (QED) is 0.738. The molecular weight excluding hydrogens is 355 g/mol. The van der Waals surface area contributed by atoms with E-state index in [1.807, 2.05) is 12.1 Å². The predicted molar refractivity (Wildman–Crippen MR) is 106 cm³/mol. The third kappa shape index (κ3) is 4.01. The van der Waals surface area contributed by atoms with Crippen LogP contribution in [0.25, 0.3) is 0 Å². The Morgan fingerprint density at radius 3 is 2.79 bits per heavy atom. The van der Waals surface area contributed by atoms with Gasteiger partial charge in [0, 0.05) is 24.8 Å². The number of aromatic nitrogens is 2. The van der Waals surface area contributed by atoms with Crippen LogP contribution in [-0.4, -0.2) is 29.0 Å². The van der Waals surface area contributed by atoms with Gasteiger partial charge in [-0.3, -0.25) is 4.79 Å². The number of halogens is 1. The first kappa shape index (κ1) is 18.1. The van der Waals surface area contributed by atoms with E-state index in [-0.39, 0.29) is 11.7 Å². The highest BCUT2D eigenvalue weighted by Crippen LogP contribution is 2.32. The van der Waals surface area contributed by atoms with Gasteiger partial charge in [0.2, 0.25) is 0 Å². The largest absolute Gasteiger partial charge is 0.350 e. The van der Waals surface area contributed by atoms with Crippen LogP contribution in [0.2, 0.25) is 0 Å². The van der Waals surface area contributed by atoms with Crippen molar-refractivity contribution in [2.45, 2.75) is 19.3 Å². The molecule has 0 fully saturated rings. The molecule has 0 atom stereocenters. The number of anilines is 2. The fourth-order valence-corrected chi connectivity index (χ4v) is 3.45. The van der Waals surface area contributed by atoms with Crippen molar-refractivity contribution in [1.29, 1.82) is 0 Å². The Bertz CT molecular complexity index is 974. The molecule has 0 spiro atoms. The van der Waals surface area contributed by atoms with Gasteiger partial charge in [-0.2, -0.15) is 0 Å². The topological polar surface area (TPSA) is 58.1 Å². The van der Waals surface area contributed by atoms with Gasteiger partial charge in [0.1, 0.15) is 23.7 Å². The molecular formula is C22H21FN4O. The summed E-state index contributed by atoms with van der Waals surface area (Å²) >= 11 is 0. The van der Waals surface area contributed by atoms with E-state index in [2.05, 4.69) is 32.3 Å². The van der Waals surface area contributed by atoms with Gasteiger partial charge in [0.15, 0.2) is 0 Å². The van der Waals surface area contributed by atoms with Crippen LogP contribution >= 0.6 is 0 Å². The highest BCUT2D eigenvalue weighted by atomic mass is 19.1. The maximum atomic E-state index is 13.0. The lowest BCUT2D eigenvalue weighted by atomic mass is 10.0. The molecule has 1 aliphatic rings. The molecule has 0 radical (unpaired) electrons. The monoisotopic (exact) mass is 376 g/mol. The lowest BCUT2D eigenvalue weighted by Crippen LogP contribution is -2.28. The van der Waals surface area contributed by atoms with E-state index in [1.165, 1.54) is 24.0 Å². The minimum atomic E-state index is -0.263. The van der Waals surface area contributed by atoms with Crippen molar-refractivity contribution in [3.63, 3.8) is 0 Å². The van der Waals surface area contributed by atoms with Crippen LogP contribution in [0.5, 0.6) is 0 Å². The third-order valence-corrected chi connectivity index (χ3v) is 4.88. The summed E-state index contributed by atoms with van der Waals surface area (Å²) in [7, 11) is 0. The summed E-state index contributed by atoms with van der Waals surface area (Å²) in [5.41, 5.74) is 3.73. The zero-order valence-corrected chi connectivity index (χ0v) is 15.4. The van der Waals surface area contributed by atoms with E-state index in [0.29, 0.717) is 18.7 Å². The van der Waals surface area contributed by atoms with Gasteiger partial charge in [-0.15, -0.1) is 0 Å². The van der Waals surface area contributed by atoms with Crippen molar-refractivity contribution >= 4 is 17.4 Å². The van der Waals surface area contributed by atoms with E-state index in [0.717, 1.165) is 36.5 Å². The maximum Gasteiger partial charge on any atom is 0.270 e. The number of hydrogen-bond acceptors (Lipinski definition) is 4. The summed E-state index contributed by atoms with van der Waals surface area (Å²) in [6.45, 7) is 1.32. The number of benzene rings is 2. The lowest BCUT2D eigenvalue weighted by Gasteiger charge is -2.30. The van der Waals surface area contributed by atoms with E-state index in [4.69, 9.17) is 0 Å². The number of para-hydroxylation sites is 1. The van der Waals surface area contributed by atoms with Crippen molar-refractivity contribution in [3.8, 4) is 0 Å². The molecule has 0 saturated carbocycles. The molecule has 1 aromatic heterocycles. The second-order valence-corrected chi connectivity index (χ2v) is 6.78. The summed E-state index contributed by atoms with van der Waals surface area (Å²) in [6.07, 6.45) is 4.15. The molecule has 1 aliphatic heterocycles. The van der Waals surface area contributed by atoms with Gasteiger partial charge in [-0.1, -0.05) is 30.3 Å². The van der Waals surface area contributed by atoms with Crippen LogP contribution in [0.1, 0.15) is 28.0 Å². The first-order valence-corrected chi connectivity index (χ1v) is 9.41. The number of nitrogens with one attached hydrogen (secondary N) is 1. The molecule has 6 heteroatoms. The molecule has 0 unspecified atom stereocenters. The van der Waals surface area contributed by atoms with Gasteiger partial charge < -0.3 is 10.2 Å². The Balaban J connectivity index is 1.44. The van der Waals surface area contributed by atoms with E-state index < -0.39 is 0 Å². The normalized spacial score (nSPS) is 13.1. The highest BCUT2D eigenvalue weighted by Gasteiger charge is 2.20. The van der Waals surface area contributed by atoms with Crippen LogP contribution in [-0.2, 0) is 12.8 Å². The van der Waals surface area contributed by atoms with E-state index in [9.17, 15) is 9.18 Å². The van der Waals surface area contributed by atoms with Crippen molar-refractivity contribution in [2.75, 3.05) is 18.0 Å². The van der Waals surface area contributed by atoms with Crippen molar-refractivity contribution in [1.82, 2.24) is 15.3 Å². The van der Waals surface area contributed by atoms with Gasteiger partial charge in [0.05, 0.1) is 0 Å². The van der Waals surface area contributed by atoms with Crippen LogP contribution in [0.15, 0.2) is 60.9 Å². The summed E-state index contributed by atoms with van der Waals surface area (Å²) in [5, 5.41) is 2.87. The first-order chi connectivity index (χ1) is 13.7. The first-order valence-electron chi connectivity index (χ1n) is 9.41. The second-order valence-electron chi connectivity index (χ2n) is 6.78. The Hall–Kier alpha value is -3.28. The van der Waals surface area contributed by atoms with Gasteiger partial charge >= 0.3 is 0 Å². The zero-order chi connectivity index (χ0) is 19.3. The van der Waals surface area contributed by atoms with E-state index in [1.54, 1.807) is 18.2 Å². The summed E-state index contributed by atoms with van der Waals surface area (Å²) in [5.74, 6) is 0.225. The van der Waals surface area contributed by atoms with Crippen LogP contribution in [0.3, 0.4) is 0 Å². The van der Waals surface area contributed by atoms with Gasteiger partial charge in [-0.05, 0) is 48.6 Å². The standard InChI is InChI=1S/C22H21FN4O/c23-18-9-7-16(8-10-18)11-12-24-22(28)19-14-21(26-15-25-19)27-13-3-5-17-4-1-2-6-20(17)27/h1-2,4,6-10,14-15H,3,5,11-13H2,(H,24,28). The molecule has 1 N–H and O–H groups in total. The zero-order valence-electron chi connectivity index (χ0n) is 15.4. The van der Waals surface area contributed by atoms with Gasteiger partial charge in [0.25, 0.3) is 5.91 Å². The number of fused-ring (bicyclic) bond motifs is 1. The van der Waals surface area contributed by atoms with Crippen molar-refractivity contribution < 1.29 is 9.18 Å². The number of aryl methyl sites for hydroxylation is 1. The van der Waals surface area contributed by atoms with Crippen LogP contribution in [0, 0.1) is 5.82 Å². The molecule has 5 nitrogen and oxygen atoms in total. The number of amides is 1. The van der Waals surface area contributed by atoms with Gasteiger partial charge in [-0.25, -0.2) is 14.4 Å². The van der Waals surface area contributed by atoms with Crippen molar-refractivity contribution in [2.24, 2.45) is 0 Å². The average Bonchev–Trinajstić information content (AvgIpc) is 2.75. The van der Waals surface area contributed by atoms with Crippen LogP contribution < -0.4 is 10.2 Å². The number of hydrogen-bond donors (Lipinski definition) is 1. The average molecular weight is 376 g/mol. The highest BCUT2D eigenvalue weighted by molar-refractivity contribution is 5.93. The van der Waals surface area contributed by atoms with Crippen molar-refractivity contribution in [3.05, 3.63) is 83.6 Å². The smallest absolute Gasteiger partial charge is 0.270 e. The maximum absolute atomic E-state index is 13.0. The SMILES string of the molecule is O=C(NCCc1ccc(F)cc1)c1cc(N2CCCc3ccccc32)ncn1. The summed E-state index contributed by atoms with van der Waals surface area (Å²) in [4.78, 5) is 23.1. The molecule has 1 amide bonds. The molecule has 0 aliphatic carbocycles. The Kier molecular flexibility index (Phi) is 5.28. The number of nitrogens with zero attached hydrogens (tertiary/aromatic N) is 3. The van der Waals surface area contributed by atoms with E-state index >= 15 is 0 Å².